The fourth-order valence-electron chi connectivity index (χ4n) is 3.93. The molecule has 2 fully saturated rings. The Morgan fingerprint density at radius 3 is 2.76 bits per heavy atom. The molecule has 0 saturated carbocycles. The first-order valence-corrected chi connectivity index (χ1v) is 8.98. The van der Waals surface area contributed by atoms with Crippen LogP contribution in [0.25, 0.3) is 0 Å². The van der Waals surface area contributed by atoms with Gasteiger partial charge in [0.05, 0.1) is 11.6 Å². The van der Waals surface area contributed by atoms with E-state index in [0.717, 1.165) is 24.9 Å². The van der Waals surface area contributed by atoms with Crippen LogP contribution in [0.2, 0.25) is 0 Å². The summed E-state index contributed by atoms with van der Waals surface area (Å²) in [4.78, 5) is 14.7. The molecule has 1 amide bonds. The van der Waals surface area contributed by atoms with E-state index >= 15 is 0 Å². The monoisotopic (exact) mass is 349 g/mol. The summed E-state index contributed by atoms with van der Waals surface area (Å²) in [5, 5.41) is 0. The van der Waals surface area contributed by atoms with Crippen molar-refractivity contribution >= 4 is 5.91 Å². The molecule has 5 nitrogen and oxygen atoms in total. The summed E-state index contributed by atoms with van der Waals surface area (Å²) in [5.41, 5.74) is 7.22. The maximum absolute atomic E-state index is 13.2. The topological polar surface area (TPSA) is 53.6 Å². The number of hydrogen-bond donors (Lipinski definition) is 2. The number of hydrogen-bond acceptors (Lipinski definition) is 4. The highest BCUT2D eigenvalue weighted by Gasteiger charge is 2.36. The van der Waals surface area contributed by atoms with Crippen LogP contribution >= 0.6 is 0 Å². The number of benzene rings is 1. The van der Waals surface area contributed by atoms with Crippen molar-refractivity contribution in [1.82, 2.24) is 15.8 Å². The Kier molecular flexibility index (Phi) is 5.41. The molecule has 2 heterocycles. The van der Waals surface area contributed by atoms with E-state index in [2.05, 4.69) is 10.9 Å². The van der Waals surface area contributed by atoms with E-state index in [-0.39, 0.29) is 35.2 Å². The standard InChI is InChI=1S/C19H28FN3O2/c1-19(2)10-14(8-9-25-19)18(24)23(3)12-15-11-21-22-17(15)13-4-6-16(20)7-5-13/h4-7,14-15,17,21-22H,8-12H2,1-3H3. The molecule has 1 aromatic carbocycles. The van der Waals surface area contributed by atoms with E-state index in [1.165, 1.54) is 12.1 Å². The predicted molar refractivity (Wildman–Crippen MR) is 94.2 cm³/mol. The number of carbonyl (C=O) groups excluding carboxylic acids is 1. The first-order chi connectivity index (χ1) is 11.9. The van der Waals surface area contributed by atoms with Gasteiger partial charge in [0, 0.05) is 38.6 Å². The minimum atomic E-state index is -0.235. The Balaban J connectivity index is 1.62. The second-order valence-electron chi connectivity index (χ2n) is 7.83. The Bertz CT molecular complexity index is 605. The smallest absolute Gasteiger partial charge is 0.225 e. The first-order valence-electron chi connectivity index (χ1n) is 8.98. The third kappa shape index (κ3) is 4.37. The van der Waals surface area contributed by atoms with Gasteiger partial charge in [0.25, 0.3) is 0 Å². The van der Waals surface area contributed by atoms with Crippen LogP contribution in [-0.2, 0) is 9.53 Å². The second kappa shape index (κ2) is 7.40. The number of ether oxygens (including phenoxy) is 1. The largest absolute Gasteiger partial charge is 0.376 e. The van der Waals surface area contributed by atoms with Crippen LogP contribution in [0.4, 0.5) is 4.39 Å². The summed E-state index contributed by atoms with van der Waals surface area (Å²) >= 11 is 0. The highest BCUT2D eigenvalue weighted by Crippen LogP contribution is 2.31. The van der Waals surface area contributed by atoms with Crippen molar-refractivity contribution in [3.8, 4) is 0 Å². The van der Waals surface area contributed by atoms with Gasteiger partial charge in [0.15, 0.2) is 0 Å². The highest BCUT2D eigenvalue weighted by atomic mass is 19.1. The van der Waals surface area contributed by atoms with E-state index in [0.29, 0.717) is 13.2 Å². The van der Waals surface area contributed by atoms with Crippen LogP contribution < -0.4 is 10.9 Å². The SMILES string of the molecule is CN(CC1CNNC1c1ccc(F)cc1)C(=O)C1CCOC(C)(C)C1. The summed E-state index contributed by atoms with van der Waals surface area (Å²) in [5.74, 6) is 0.231. The zero-order valence-corrected chi connectivity index (χ0v) is 15.2. The molecular weight excluding hydrogens is 321 g/mol. The number of nitrogens with one attached hydrogen (secondary N) is 2. The third-order valence-electron chi connectivity index (χ3n) is 5.25. The Morgan fingerprint density at radius 1 is 1.36 bits per heavy atom. The molecule has 1 aromatic rings. The van der Waals surface area contributed by atoms with Gasteiger partial charge in [0.1, 0.15) is 5.82 Å². The normalized spacial score (nSPS) is 28.7. The molecule has 3 atom stereocenters. The summed E-state index contributed by atoms with van der Waals surface area (Å²) in [7, 11) is 1.88. The summed E-state index contributed by atoms with van der Waals surface area (Å²) < 4.78 is 18.9. The number of nitrogens with zero attached hydrogens (tertiary/aromatic N) is 1. The molecule has 0 bridgehead atoms. The Hall–Kier alpha value is -1.50. The molecule has 0 radical (unpaired) electrons. The Labute approximate surface area is 148 Å². The lowest BCUT2D eigenvalue weighted by Gasteiger charge is -2.37. The van der Waals surface area contributed by atoms with E-state index in [1.807, 2.05) is 25.8 Å². The quantitative estimate of drug-likeness (QED) is 0.875. The zero-order valence-electron chi connectivity index (χ0n) is 15.2. The van der Waals surface area contributed by atoms with Crippen LogP contribution in [0, 0.1) is 17.7 Å². The van der Waals surface area contributed by atoms with Gasteiger partial charge in [-0.3, -0.25) is 10.2 Å². The van der Waals surface area contributed by atoms with Gasteiger partial charge in [-0.05, 0) is 44.4 Å². The van der Waals surface area contributed by atoms with Crippen molar-refractivity contribution in [2.45, 2.75) is 38.3 Å². The lowest BCUT2D eigenvalue weighted by molar-refractivity contribution is -0.144. The van der Waals surface area contributed by atoms with Gasteiger partial charge in [0.2, 0.25) is 5.91 Å². The summed E-state index contributed by atoms with van der Waals surface area (Å²) in [6, 6.07) is 6.63. The zero-order chi connectivity index (χ0) is 18.0. The third-order valence-corrected chi connectivity index (χ3v) is 5.25. The minimum Gasteiger partial charge on any atom is -0.376 e. The van der Waals surface area contributed by atoms with Gasteiger partial charge in [-0.1, -0.05) is 12.1 Å². The van der Waals surface area contributed by atoms with E-state index in [1.54, 1.807) is 12.1 Å². The van der Waals surface area contributed by atoms with Crippen LogP contribution in [0.1, 0.15) is 38.3 Å². The molecule has 6 heteroatoms. The number of rotatable bonds is 4. The summed E-state index contributed by atoms with van der Waals surface area (Å²) in [6.07, 6.45) is 1.55. The van der Waals surface area contributed by atoms with Crippen molar-refractivity contribution in [3.05, 3.63) is 35.6 Å². The first kappa shape index (κ1) is 18.3. The maximum Gasteiger partial charge on any atom is 0.225 e. The minimum absolute atomic E-state index is 0.0281. The Morgan fingerprint density at radius 2 is 2.08 bits per heavy atom. The van der Waals surface area contributed by atoms with Crippen LogP contribution in [0.15, 0.2) is 24.3 Å². The fraction of sp³-hybridized carbons (Fsp3) is 0.632. The van der Waals surface area contributed by atoms with E-state index < -0.39 is 0 Å². The molecule has 138 valence electrons. The predicted octanol–water partition coefficient (Wildman–Crippen LogP) is 2.25. The molecule has 3 rings (SSSR count). The number of hydrazine groups is 1. The van der Waals surface area contributed by atoms with E-state index in [4.69, 9.17) is 4.74 Å². The van der Waals surface area contributed by atoms with Gasteiger partial charge < -0.3 is 9.64 Å². The van der Waals surface area contributed by atoms with Gasteiger partial charge in [-0.2, -0.15) is 0 Å². The lowest BCUT2D eigenvalue weighted by Crippen LogP contribution is -2.44. The van der Waals surface area contributed by atoms with Crippen molar-refractivity contribution in [1.29, 1.82) is 0 Å². The van der Waals surface area contributed by atoms with Gasteiger partial charge in [-0.25, -0.2) is 9.82 Å². The van der Waals surface area contributed by atoms with Gasteiger partial charge >= 0.3 is 0 Å². The van der Waals surface area contributed by atoms with Crippen LogP contribution in [-0.4, -0.2) is 43.2 Å². The molecule has 2 saturated heterocycles. The number of carbonyl (C=O) groups is 1. The van der Waals surface area contributed by atoms with Crippen molar-refractivity contribution in [3.63, 3.8) is 0 Å². The molecule has 2 aliphatic rings. The fourth-order valence-corrected chi connectivity index (χ4v) is 3.93. The average Bonchev–Trinajstić information content (AvgIpc) is 3.02. The van der Waals surface area contributed by atoms with Crippen molar-refractivity contribution in [2.75, 3.05) is 26.7 Å². The van der Waals surface area contributed by atoms with Crippen molar-refractivity contribution < 1.29 is 13.9 Å². The average molecular weight is 349 g/mol. The van der Waals surface area contributed by atoms with Crippen LogP contribution in [0.3, 0.4) is 0 Å². The molecular formula is C19H28FN3O2. The molecule has 0 aromatic heterocycles. The number of amides is 1. The molecule has 2 N–H and O–H groups in total. The lowest BCUT2D eigenvalue weighted by atomic mass is 9.87. The number of halogens is 1. The molecule has 0 spiro atoms. The molecule has 25 heavy (non-hydrogen) atoms. The molecule has 2 aliphatic heterocycles. The maximum atomic E-state index is 13.2. The molecule has 3 unspecified atom stereocenters. The van der Waals surface area contributed by atoms with E-state index in [9.17, 15) is 9.18 Å². The van der Waals surface area contributed by atoms with Crippen LogP contribution in [0.5, 0.6) is 0 Å². The summed E-state index contributed by atoms with van der Waals surface area (Å²) in [6.45, 7) is 6.17. The van der Waals surface area contributed by atoms with Gasteiger partial charge in [-0.15, -0.1) is 0 Å². The highest BCUT2D eigenvalue weighted by molar-refractivity contribution is 5.78. The molecule has 0 aliphatic carbocycles. The second-order valence-corrected chi connectivity index (χ2v) is 7.83. The van der Waals surface area contributed by atoms with Crippen molar-refractivity contribution in [2.24, 2.45) is 11.8 Å².